The summed E-state index contributed by atoms with van der Waals surface area (Å²) in [6.45, 7) is 5.58. The summed E-state index contributed by atoms with van der Waals surface area (Å²) in [5.41, 5.74) is 4.59. The van der Waals surface area contributed by atoms with Crippen LogP contribution in [0.1, 0.15) is 20.8 Å². The van der Waals surface area contributed by atoms with Gasteiger partial charge in [0.2, 0.25) is 11.8 Å². The second kappa shape index (κ2) is 5.79. The van der Waals surface area contributed by atoms with Gasteiger partial charge in [-0.1, -0.05) is 12.2 Å². The van der Waals surface area contributed by atoms with Crippen molar-refractivity contribution in [1.82, 2.24) is 10.2 Å². The average molecular weight is 245 g/mol. The van der Waals surface area contributed by atoms with Crippen molar-refractivity contribution in [3.05, 3.63) is 0 Å². The van der Waals surface area contributed by atoms with Crippen molar-refractivity contribution in [3.8, 4) is 0 Å². The smallest absolute Gasteiger partial charge is 0.239 e. The zero-order valence-electron chi connectivity index (χ0n) is 10.2. The number of thiocarbonyl (C=S) groups is 1. The Morgan fingerprint density at radius 1 is 1.44 bits per heavy atom. The van der Waals surface area contributed by atoms with E-state index in [1.807, 2.05) is 0 Å². The first-order valence-corrected chi connectivity index (χ1v) is 5.48. The van der Waals surface area contributed by atoms with Crippen molar-refractivity contribution in [3.63, 3.8) is 0 Å². The fourth-order valence-electron chi connectivity index (χ4n) is 1.08. The van der Waals surface area contributed by atoms with E-state index < -0.39 is 5.41 Å². The monoisotopic (exact) mass is 245 g/mol. The van der Waals surface area contributed by atoms with Gasteiger partial charge in [-0.15, -0.1) is 0 Å². The van der Waals surface area contributed by atoms with Crippen molar-refractivity contribution in [2.75, 3.05) is 20.1 Å². The van der Waals surface area contributed by atoms with E-state index in [1.165, 1.54) is 11.9 Å². The topological polar surface area (TPSA) is 75.4 Å². The van der Waals surface area contributed by atoms with Gasteiger partial charge in [0, 0.05) is 13.6 Å². The molecule has 0 saturated carbocycles. The van der Waals surface area contributed by atoms with Crippen LogP contribution >= 0.6 is 12.2 Å². The summed E-state index contributed by atoms with van der Waals surface area (Å²) in [5, 5.41) is 2.47. The molecule has 0 rings (SSSR count). The number of rotatable bonds is 5. The third-order valence-corrected chi connectivity index (χ3v) is 2.94. The van der Waals surface area contributed by atoms with Crippen LogP contribution in [0.25, 0.3) is 0 Å². The molecule has 0 saturated heterocycles. The zero-order valence-corrected chi connectivity index (χ0v) is 11.0. The third kappa shape index (κ3) is 3.44. The van der Waals surface area contributed by atoms with Gasteiger partial charge in [0.1, 0.15) is 0 Å². The highest BCUT2D eigenvalue weighted by Gasteiger charge is 2.34. The number of likely N-dealkylation sites (N-methyl/N-ethyl adjacent to an activating group) is 2. The third-order valence-electron chi connectivity index (χ3n) is 2.43. The van der Waals surface area contributed by atoms with Crippen LogP contribution in [0.4, 0.5) is 0 Å². The standard InChI is InChI=1S/C10H19N3O2S/c1-5-13(6-7(14)12-4)9(15)10(2,3)8(11)16/h5-6H2,1-4H3,(H2,11,16)(H,12,14). The molecule has 0 bridgehead atoms. The van der Waals surface area contributed by atoms with E-state index in [0.29, 0.717) is 6.54 Å². The molecule has 0 aromatic heterocycles. The van der Waals surface area contributed by atoms with Crippen molar-refractivity contribution in [2.45, 2.75) is 20.8 Å². The Morgan fingerprint density at radius 2 is 1.94 bits per heavy atom. The molecule has 0 unspecified atom stereocenters. The van der Waals surface area contributed by atoms with Gasteiger partial charge in [-0.25, -0.2) is 0 Å². The highest BCUT2D eigenvalue weighted by Crippen LogP contribution is 2.19. The van der Waals surface area contributed by atoms with Gasteiger partial charge in [0.15, 0.2) is 0 Å². The number of nitrogens with zero attached hydrogens (tertiary/aromatic N) is 1. The Bertz CT molecular complexity index is 302. The molecule has 0 spiro atoms. The summed E-state index contributed by atoms with van der Waals surface area (Å²) in [6, 6.07) is 0. The van der Waals surface area contributed by atoms with Gasteiger partial charge in [-0.05, 0) is 20.8 Å². The van der Waals surface area contributed by atoms with Gasteiger partial charge >= 0.3 is 0 Å². The molecular weight excluding hydrogens is 226 g/mol. The highest BCUT2D eigenvalue weighted by molar-refractivity contribution is 7.80. The number of amides is 2. The Kier molecular flexibility index (Phi) is 5.37. The highest BCUT2D eigenvalue weighted by atomic mass is 32.1. The molecule has 6 heteroatoms. The molecule has 0 aromatic rings. The fourth-order valence-corrected chi connectivity index (χ4v) is 1.17. The number of nitrogens with two attached hydrogens (primary N) is 1. The molecule has 2 amide bonds. The van der Waals surface area contributed by atoms with Crippen LogP contribution in [0.2, 0.25) is 0 Å². The lowest BCUT2D eigenvalue weighted by atomic mass is 9.91. The van der Waals surface area contributed by atoms with E-state index in [2.05, 4.69) is 5.32 Å². The zero-order chi connectivity index (χ0) is 12.9. The first-order valence-electron chi connectivity index (χ1n) is 5.07. The van der Waals surface area contributed by atoms with Gasteiger partial charge < -0.3 is 16.0 Å². The van der Waals surface area contributed by atoms with Crippen molar-refractivity contribution < 1.29 is 9.59 Å². The van der Waals surface area contributed by atoms with Crippen molar-refractivity contribution in [2.24, 2.45) is 11.1 Å². The Hall–Kier alpha value is -1.17. The van der Waals surface area contributed by atoms with Crippen LogP contribution in [0, 0.1) is 5.41 Å². The molecule has 3 N–H and O–H groups in total. The number of hydrogen-bond acceptors (Lipinski definition) is 3. The molecule has 92 valence electrons. The number of carbonyl (C=O) groups excluding carboxylic acids is 2. The molecular formula is C10H19N3O2S. The van der Waals surface area contributed by atoms with E-state index in [-0.39, 0.29) is 23.3 Å². The van der Waals surface area contributed by atoms with E-state index in [9.17, 15) is 9.59 Å². The Morgan fingerprint density at radius 3 is 2.25 bits per heavy atom. The summed E-state index contributed by atoms with van der Waals surface area (Å²) < 4.78 is 0. The minimum Gasteiger partial charge on any atom is -0.392 e. The normalized spacial score (nSPS) is 10.8. The molecule has 16 heavy (non-hydrogen) atoms. The number of nitrogens with one attached hydrogen (secondary N) is 1. The molecule has 0 aliphatic carbocycles. The van der Waals surface area contributed by atoms with Gasteiger partial charge in [0.25, 0.3) is 0 Å². The molecule has 0 aliphatic heterocycles. The molecule has 0 heterocycles. The van der Waals surface area contributed by atoms with Crippen LogP contribution in [-0.4, -0.2) is 41.8 Å². The maximum atomic E-state index is 12.1. The molecule has 5 nitrogen and oxygen atoms in total. The maximum Gasteiger partial charge on any atom is 0.239 e. The van der Waals surface area contributed by atoms with Gasteiger partial charge in [0.05, 0.1) is 16.9 Å². The predicted octanol–water partition coefficient (Wildman–Crippen LogP) is -0.107. The first kappa shape index (κ1) is 14.8. The minimum atomic E-state index is -0.917. The summed E-state index contributed by atoms with van der Waals surface area (Å²) in [7, 11) is 1.53. The number of carbonyl (C=O) groups is 2. The van der Waals surface area contributed by atoms with E-state index in [1.54, 1.807) is 20.8 Å². The van der Waals surface area contributed by atoms with Crippen LogP contribution in [0.5, 0.6) is 0 Å². The van der Waals surface area contributed by atoms with Crippen LogP contribution in [0.3, 0.4) is 0 Å². The lowest BCUT2D eigenvalue weighted by Crippen LogP contribution is -2.49. The maximum absolute atomic E-state index is 12.1. The quantitative estimate of drug-likeness (QED) is 0.663. The summed E-state index contributed by atoms with van der Waals surface area (Å²) in [4.78, 5) is 24.8. The lowest BCUT2D eigenvalue weighted by Gasteiger charge is -2.29. The van der Waals surface area contributed by atoms with E-state index >= 15 is 0 Å². The average Bonchev–Trinajstić information content (AvgIpc) is 2.24. The summed E-state index contributed by atoms with van der Waals surface area (Å²) >= 11 is 4.85. The Balaban J connectivity index is 4.78. The molecule has 0 atom stereocenters. The largest absolute Gasteiger partial charge is 0.392 e. The second-order valence-corrected chi connectivity index (χ2v) is 4.42. The molecule has 0 aromatic carbocycles. The van der Waals surface area contributed by atoms with Crippen LogP contribution in [-0.2, 0) is 9.59 Å². The predicted molar refractivity (Wildman–Crippen MR) is 66.9 cm³/mol. The SMILES string of the molecule is CCN(CC(=O)NC)C(=O)C(C)(C)C(N)=S. The van der Waals surface area contributed by atoms with Crippen LogP contribution < -0.4 is 11.1 Å². The fraction of sp³-hybridized carbons (Fsp3) is 0.700. The summed E-state index contributed by atoms with van der Waals surface area (Å²) in [6.07, 6.45) is 0. The van der Waals surface area contributed by atoms with E-state index in [4.69, 9.17) is 18.0 Å². The minimum absolute atomic E-state index is 0.0257. The summed E-state index contributed by atoms with van der Waals surface area (Å²) in [5.74, 6) is -0.444. The first-order chi connectivity index (χ1) is 7.27. The molecule has 0 fully saturated rings. The van der Waals surface area contributed by atoms with Gasteiger partial charge in [-0.3, -0.25) is 9.59 Å². The lowest BCUT2D eigenvalue weighted by molar-refractivity contribution is -0.140. The van der Waals surface area contributed by atoms with Crippen molar-refractivity contribution >= 4 is 29.0 Å². The Labute approximate surface area is 101 Å². The van der Waals surface area contributed by atoms with Crippen LogP contribution in [0.15, 0.2) is 0 Å². The number of hydrogen-bond donors (Lipinski definition) is 2. The van der Waals surface area contributed by atoms with Gasteiger partial charge in [-0.2, -0.15) is 0 Å². The van der Waals surface area contributed by atoms with E-state index in [0.717, 1.165) is 0 Å². The molecule has 0 radical (unpaired) electrons. The second-order valence-electron chi connectivity index (χ2n) is 3.98. The molecule has 0 aliphatic rings. The van der Waals surface area contributed by atoms with Crippen molar-refractivity contribution in [1.29, 1.82) is 0 Å².